The normalized spacial score (nSPS) is 10.1. The molecule has 0 atom stereocenters. The molecule has 0 aliphatic rings. The minimum absolute atomic E-state index is 0.0200. The Bertz CT molecular complexity index is 572. The summed E-state index contributed by atoms with van der Waals surface area (Å²) in [5.74, 6) is 0.831. The van der Waals surface area contributed by atoms with E-state index in [1.807, 2.05) is 54.6 Å². The van der Waals surface area contributed by atoms with Gasteiger partial charge in [0.05, 0.1) is 6.54 Å². The van der Waals surface area contributed by atoms with Gasteiger partial charge in [0.15, 0.2) is 0 Å². The molecule has 21 heavy (non-hydrogen) atoms. The third-order valence-electron chi connectivity index (χ3n) is 2.97. The van der Waals surface area contributed by atoms with Gasteiger partial charge in [0, 0.05) is 11.4 Å². The van der Waals surface area contributed by atoms with Crippen LogP contribution in [0, 0.1) is 0 Å². The zero-order chi connectivity index (χ0) is 14.9. The quantitative estimate of drug-likeness (QED) is 0.795. The van der Waals surface area contributed by atoms with E-state index in [0.717, 1.165) is 11.3 Å². The average Bonchev–Trinajstić information content (AvgIpc) is 2.51. The second kappa shape index (κ2) is 8.32. The molecule has 0 saturated heterocycles. The molecule has 110 valence electrons. The van der Waals surface area contributed by atoms with E-state index < -0.39 is 0 Å². The van der Waals surface area contributed by atoms with Gasteiger partial charge in [-0.2, -0.15) is 0 Å². The largest absolute Gasteiger partial charge is 0.492 e. The van der Waals surface area contributed by atoms with Crippen molar-refractivity contribution in [2.24, 2.45) is 0 Å². The summed E-state index contributed by atoms with van der Waals surface area (Å²) in [6, 6.07) is 17.1. The first-order chi connectivity index (χ1) is 10.2. The lowest BCUT2D eigenvalue weighted by molar-refractivity contribution is -0.121. The second-order valence-corrected chi connectivity index (χ2v) is 5.08. The Kier molecular flexibility index (Phi) is 6.10. The molecule has 0 bridgehead atoms. The van der Waals surface area contributed by atoms with E-state index >= 15 is 0 Å². The summed E-state index contributed by atoms with van der Waals surface area (Å²) in [6.07, 6.45) is 1.14. The number of nitrogens with one attached hydrogen (secondary N) is 1. The van der Waals surface area contributed by atoms with Crippen LogP contribution in [0.15, 0.2) is 54.6 Å². The van der Waals surface area contributed by atoms with Crippen molar-refractivity contribution in [2.75, 3.05) is 13.2 Å². The van der Waals surface area contributed by atoms with E-state index in [1.54, 1.807) is 0 Å². The predicted octanol–water partition coefficient (Wildman–Crippen LogP) is 3.47. The lowest BCUT2D eigenvalue weighted by Gasteiger charge is -2.07. The lowest BCUT2D eigenvalue weighted by atomic mass is 10.1. The molecule has 0 aromatic heterocycles. The number of hydrogen-bond donors (Lipinski definition) is 1. The van der Waals surface area contributed by atoms with Crippen LogP contribution in [0.1, 0.15) is 12.0 Å². The highest BCUT2D eigenvalue weighted by Gasteiger charge is 2.02. The molecule has 4 heteroatoms. The van der Waals surface area contributed by atoms with Crippen LogP contribution in [-0.4, -0.2) is 19.1 Å². The van der Waals surface area contributed by atoms with Gasteiger partial charge in [-0.1, -0.05) is 41.9 Å². The Morgan fingerprint density at radius 1 is 1.10 bits per heavy atom. The number of carbonyl (C=O) groups excluding carboxylic acids is 1. The molecule has 3 nitrogen and oxygen atoms in total. The third kappa shape index (κ3) is 5.88. The van der Waals surface area contributed by atoms with Gasteiger partial charge < -0.3 is 10.1 Å². The van der Waals surface area contributed by atoms with Crippen molar-refractivity contribution in [2.45, 2.75) is 12.8 Å². The summed E-state index contributed by atoms with van der Waals surface area (Å²) in [4.78, 5) is 11.7. The number of rotatable bonds is 7. The Hall–Kier alpha value is -2.00. The van der Waals surface area contributed by atoms with Crippen LogP contribution in [0.2, 0.25) is 5.02 Å². The van der Waals surface area contributed by atoms with Gasteiger partial charge in [0.25, 0.3) is 0 Å². The molecule has 0 spiro atoms. The van der Waals surface area contributed by atoms with Gasteiger partial charge >= 0.3 is 0 Å². The van der Waals surface area contributed by atoms with E-state index in [2.05, 4.69) is 5.32 Å². The number of carbonyl (C=O) groups is 1. The second-order valence-electron chi connectivity index (χ2n) is 4.64. The summed E-state index contributed by atoms with van der Waals surface area (Å²) in [6.45, 7) is 0.968. The Morgan fingerprint density at radius 2 is 1.90 bits per heavy atom. The summed E-state index contributed by atoms with van der Waals surface area (Å²) in [5.41, 5.74) is 1.07. The Labute approximate surface area is 129 Å². The molecule has 2 aromatic rings. The molecular weight excluding hydrogens is 286 g/mol. The topological polar surface area (TPSA) is 38.3 Å². The molecule has 1 N–H and O–H groups in total. The van der Waals surface area contributed by atoms with E-state index in [9.17, 15) is 4.79 Å². The van der Waals surface area contributed by atoms with Gasteiger partial charge in [0.1, 0.15) is 12.4 Å². The van der Waals surface area contributed by atoms with Crippen LogP contribution in [0.3, 0.4) is 0 Å². The summed E-state index contributed by atoms with van der Waals surface area (Å²) in [7, 11) is 0. The lowest BCUT2D eigenvalue weighted by Crippen LogP contribution is -2.28. The fourth-order valence-corrected chi connectivity index (χ4v) is 2.13. The molecule has 0 radical (unpaired) electrons. The van der Waals surface area contributed by atoms with Crippen molar-refractivity contribution < 1.29 is 9.53 Å². The zero-order valence-electron chi connectivity index (χ0n) is 11.7. The van der Waals surface area contributed by atoms with Gasteiger partial charge in [-0.15, -0.1) is 0 Å². The summed E-state index contributed by atoms with van der Waals surface area (Å²) < 4.78 is 5.50. The minimum atomic E-state index is 0.0200. The van der Waals surface area contributed by atoms with Gasteiger partial charge in [-0.3, -0.25) is 4.79 Å². The highest BCUT2D eigenvalue weighted by atomic mass is 35.5. The molecule has 0 heterocycles. The highest BCUT2D eigenvalue weighted by molar-refractivity contribution is 6.30. The van der Waals surface area contributed by atoms with Crippen molar-refractivity contribution in [1.82, 2.24) is 5.32 Å². The van der Waals surface area contributed by atoms with Crippen LogP contribution >= 0.6 is 11.6 Å². The molecule has 1 amide bonds. The Morgan fingerprint density at radius 3 is 2.67 bits per heavy atom. The predicted molar refractivity (Wildman–Crippen MR) is 84.7 cm³/mol. The van der Waals surface area contributed by atoms with E-state index in [0.29, 0.717) is 31.0 Å². The molecule has 0 fully saturated rings. The third-order valence-corrected chi connectivity index (χ3v) is 3.20. The van der Waals surface area contributed by atoms with Crippen molar-refractivity contribution in [3.05, 3.63) is 65.2 Å². The molecule has 0 saturated carbocycles. The number of benzene rings is 2. The Balaban J connectivity index is 1.62. The first kappa shape index (κ1) is 15.4. The number of hydrogen-bond acceptors (Lipinski definition) is 2. The molecule has 2 aromatic carbocycles. The summed E-state index contributed by atoms with van der Waals surface area (Å²) >= 11 is 5.90. The number of ether oxygens (including phenoxy) is 1. The number of para-hydroxylation sites is 1. The van der Waals surface area contributed by atoms with Crippen molar-refractivity contribution in [1.29, 1.82) is 0 Å². The van der Waals surface area contributed by atoms with Crippen molar-refractivity contribution in [3.63, 3.8) is 0 Å². The maximum Gasteiger partial charge on any atom is 0.220 e. The van der Waals surface area contributed by atoms with E-state index in [-0.39, 0.29) is 5.91 Å². The maximum absolute atomic E-state index is 11.7. The zero-order valence-corrected chi connectivity index (χ0v) is 12.5. The van der Waals surface area contributed by atoms with Gasteiger partial charge in [0.2, 0.25) is 5.91 Å². The summed E-state index contributed by atoms with van der Waals surface area (Å²) in [5, 5.41) is 3.54. The van der Waals surface area contributed by atoms with Crippen LogP contribution in [0.25, 0.3) is 0 Å². The number of aryl methyl sites for hydroxylation is 1. The molecular formula is C17H18ClNO2. The molecule has 2 rings (SSSR count). The van der Waals surface area contributed by atoms with E-state index in [4.69, 9.17) is 16.3 Å². The van der Waals surface area contributed by atoms with Crippen molar-refractivity contribution >= 4 is 17.5 Å². The molecule has 0 aliphatic heterocycles. The SMILES string of the molecule is O=C(CCc1cccc(Cl)c1)NCCOc1ccccc1. The highest BCUT2D eigenvalue weighted by Crippen LogP contribution is 2.12. The first-order valence-electron chi connectivity index (χ1n) is 6.93. The first-order valence-corrected chi connectivity index (χ1v) is 7.31. The maximum atomic E-state index is 11.7. The standard InChI is InChI=1S/C17H18ClNO2/c18-15-6-4-5-14(13-15)9-10-17(20)19-11-12-21-16-7-2-1-3-8-16/h1-8,13H,9-12H2,(H,19,20). The number of amides is 1. The van der Waals surface area contributed by atoms with Crippen molar-refractivity contribution in [3.8, 4) is 5.75 Å². The fourth-order valence-electron chi connectivity index (χ4n) is 1.91. The van der Waals surface area contributed by atoms with Crippen LogP contribution in [0.4, 0.5) is 0 Å². The van der Waals surface area contributed by atoms with Crippen LogP contribution in [-0.2, 0) is 11.2 Å². The number of halogens is 1. The van der Waals surface area contributed by atoms with Gasteiger partial charge in [-0.25, -0.2) is 0 Å². The van der Waals surface area contributed by atoms with Crippen LogP contribution in [0.5, 0.6) is 5.75 Å². The average molecular weight is 304 g/mol. The molecule has 0 unspecified atom stereocenters. The molecule has 0 aliphatic carbocycles. The fraction of sp³-hybridized carbons (Fsp3) is 0.235. The minimum Gasteiger partial charge on any atom is -0.492 e. The monoisotopic (exact) mass is 303 g/mol. The van der Waals surface area contributed by atoms with Gasteiger partial charge in [-0.05, 0) is 36.2 Å². The van der Waals surface area contributed by atoms with Crippen LogP contribution < -0.4 is 10.1 Å². The van der Waals surface area contributed by atoms with E-state index in [1.165, 1.54) is 0 Å². The smallest absolute Gasteiger partial charge is 0.220 e.